The third-order valence-corrected chi connectivity index (χ3v) is 4.31. The van der Waals surface area contributed by atoms with E-state index in [0.717, 1.165) is 23.1 Å². The van der Waals surface area contributed by atoms with E-state index in [-0.39, 0.29) is 5.97 Å². The Bertz CT molecular complexity index is 1010. The molecule has 5 nitrogen and oxygen atoms in total. The molecule has 2 aromatic carbocycles. The van der Waals surface area contributed by atoms with E-state index in [4.69, 9.17) is 14.2 Å². The van der Waals surface area contributed by atoms with Crippen LogP contribution in [0.2, 0.25) is 0 Å². The van der Waals surface area contributed by atoms with Crippen molar-refractivity contribution in [3.05, 3.63) is 65.8 Å². The lowest BCUT2D eigenvalue weighted by Gasteiger charge is -2.19. The van der Waals surface area contributed by atoms with Crippen LogP contribution in [0, 0.1) is 0 Å². The summed E-state index contributed by atoms with van der Waals surface area (Å²) >= 11 is 0. The smallest absolute Gasteiger partial charge is 0.338 e. The molecule has 0 aliphatic rings. The molecule has 0 bridgehead atoms. The number of hydrogen-bond acceptors (Lipinski definition) is 5. The summed E-state index contributed by atoms with van der Waals surface area (Å²) in [5.41, 5.74) is 2.98. The van der Waals surface area contributed by atoms with Crippen molar-refractivity contribution in [1.82, 2.24) is 0 Å². The van der Waals surface area contributed by atoms with Crippen molar-refractivity contribution in [2.45, 2.75) is 53.6 Å². The number of carbonyl (C=O) groups is 2. The van der Waals surface area contributed by atoms with Crippen molar-refractivity contribution in [1.29, 1.82) is 0 Å². The van der Waals surface area contributed by atoms with Crippen LogP contribution in [0.25, 0.3) is 17.2 Å². The van der Waals surface area contributed by atoms with Gasteiger partial charge in [-0.15, -0.1) is 0 Å². The predicted molar refractivity (Wildman–Crippen MR) is 128 cm³/mol. The van der Waals surface area contributed by atoms with E-state index in [1.54, 1.807) is 32.1 Å². The first-order chi connectivity index (χ1) is 15.0. The van der Waals surface area contributed by atoms with Crippen LogP contribution in [0.4, 0.5) is 0 Å². The van der Waals surface area contributed by atoms with Gasteiger partial charge in [0.25, 0.3) is 0 Å². The molecule has 0 amide bonds. The van der Waals surface area contributed by atoms with E-state index in [2.05, 4.69) is 6.58 Å². The van der Waals surface area contributed by atoms with Gasteiger partial charge in [-0.2, -0.15) is 0 Å². The highest BCUT2D eigenvalue weighted by atomic mass is 16.6. The molecule has 0 radical (unpaired) electrons. The summed E-state index contributed by atoms with van der Waals surface area (Å²) in [6, 6.07) is 13.1. The molecule has 0 saturated heterocycles. The van der Waals surface area contributed by atoms with Crippen LogP contribution in [-0.2, 0) is 14.3 Å². The second-order valence-corrected chi connectivity index (χ2v) is 8.62. The van der Waals surface area contributed by atoms with Crippen LogP contribution in [0.15, 0.2) is 60.2 Å². The third-order valence-electron chi connectivity index (χ3n) is 4.31. The van der Waals surface area contributed by atoms with Crippen LogP contribution in [-0.4, -0.2) is 24.1 Å². The molecule has 2 rings (SSSR count). The second-order valence-electron chi connectivity index (χ2n) is 8.62. The Hall–Kier alpha value is -3.34. The largest absolute Gasteiger partial charge is 0.493 e. The summed E-state index contributed by atoms with van der Waals surface area (Å²) in [7, 11) is 0. The molecule has 0 aliphatic heterocycles. The van der Waals surface area contributed by atoms with Crippen LogP contribution in [0.1, 0.15) is 53.5 Å². The molecule has 0 aromatic heterocycles. The second kappa shape index (κ2) is 10.8. The fourth-order valence-corrected chi connectivity index (χ4v) is 2.73. The Morgan fingerprint density at radius 1 is 0.969 bits per heavy atom. The zero-order valence-corrected chi connectivity index (χ0v) is 19.8. The first-order valence-electron chi connectivity index (χ1n) is 10.7. The average molecular weight is 437 g/mol. The molecule has 0 heterocycles. The number of esters is 2. The minimum Gasteiger partial charge on any atom is -0.493 e. The van der Waals surface area contributed by atoms with Gasteiger partial charge < -0.3 is 14.2 Å². The third kappa shape index (κ3) is 7.41. The Morgan fingerprint density at radius 2 is 1.59 bits per heavy atom. The van der Waals surface area contributed by atoms with Gasteiger partial charge in [-0.1, -0.05) is 37.8 Å². The van der Waals surface area contributed by atoms with Gasteiger partial charge in [0.15, 0.2) is 0 Å². The van der Waals surface area contributed by atoms with Crippen molar-refractivity contribution in [2.24, 2.45) is 0 Å². The Kier molecular flexibility index (Phi) is 8.41. The van der Waals surface area contributed by atoms with Gasteiger partial charge in [-0.3, -0.25) is 0 Å². The quantitative estimate of drug-likeness (QED) is 0.273. The molecule has 0 atom stereocenters. The maximum absolute atomic E-state index is 12.4. The fraction of sp³-hybridized carbons (Fsp3) is 0.333. The summed E-state index contributed by atoms with van der Waals surface area (Å²) in [6.45, 7) is 15.0. The van der Waals surface area contributed by atoms with Gasteiger partial charge in [-0.25, -0.2) is 9.59 Å². The number of carbonyl (C=O) groups excluding carboxylic acids is 2. The molecule has 5 heteroatoms. The van der Waals surface area contributed by atoms with E-state index in [1.165, 1.54) is 0 Å². The molecule has 0 saturated carbocycles. The zero-order chi connectivity index (χ0) is 23.9. The molecule has 2 aromatic rings. The highest BCUT2D eigenvalue weighted by molar-refractivity contribution is 5.94. The van der Waals surface area contributed by atoms with E-state index in [1.807, 2.05) is 58.0 Å². The molecule has 0 spiro atoms. The lowest BCUT2D eigenvalue weighted by atomic mass is 10.0. The predicted octanol–water partition coefficient (Wildman–Crippen LogP) is 6.37. The first-order valence-corrected chi connectivity index (χ1v) is 10.7. The summed E-state index contributed by atoms with van der Waals surface area (Å²) in [4.78, 5) is 24.0. The van der Waals surface area contributed by atoms with Crippen molar-refractivity contribution in [3.63, 3.8) is 0 Å². The fourth-order valence-electron chi connectivity index (χ4n) is 2.73. The minimum absolute atomic E-state index is 0.345. The number of rotatable bonds is 8. The van der Waals surface area contributed by atoms with Gasteiger partial charge in [0.1, 0.15) is 17.1 Å². The molecular formula is C27H32O5. The SMILES string of the molecule is C=C(C)C(=O)Oc1ccc(-c2ccc(/C=C(\C)C(=O)OC(C)(C)C)c(OCCC)c2)cc1. The minimum atomic E-state index is -0.553. The molecule has 32 heavy (non-hydrogen) atoms. The normalized spacial score (nSPS) is 11.6. The lowest BCUT2D eigenvalue weighted by molar-refractivity contribution is -0.149. The summed E-state index contributed by atoms with van der Waals surface area (Å²) in [5.74, 6) is 0.328. The van der Waals surface area contributed by atoms with Gasteiger partial charge in [0.2, 0.25) is 0 Å². The monoisotopic (exact) mass is 436 g/mol. The van der Waals surface area contributed by atoms with Crippen LogP contribution >= 0.6 is 0 Å². The van der Waals surface area contributed by atoms with Gasteiger partial charge in [-0.05, 0) is 76.4 Å². The maximum Gasteiger partial charge on any atom is 0.338 e. The van der Waals surface area contributed by atoms with Crippen molar-refractivity contribution >= 4 is 18.0 Å². The molecule has 0 unspecified atom stereocenters. The Morgan fingerprint density at radius 3 is 2.16 bits per heavy atom. The zero-order valence-electron chi connectivity index (χ0n) is 19.8. The van der Waals surface area contributed by atoms with Crippen LogP contribution in [0.5, 0.6) is 11.5 Å². The van der Waals surface area contributed by atoms with E-state index in [9.17, 15) is 9.59 Å². The summed E-state index contributed by atoms with van der Waals surface area (Å²) < 4.78 is 16.7. The number of benzene rings is 2. The van der Waals surface area contributed by atoms with E-state index < -0.39 is 11.6 Å². The van der Waals surface area contributed by atoms with E-state index in [0.29, 0.717) is 29.3 Å². The lowest BCUT2D eigenvalue weighted by Crippen LogP contribution is -2.24. The number of ether oxygens (including phenoxy) is 3. The van der Waals surface area contributed by atoms with Crippen molar-refractivity contribution in [2.75, 3.05) is 6.61 Å². The summed E-state index contributed by atoms with van der Waals surface area (Å²) in [6.07, 6.45) is 2.64. The first kappa shape index (κ1) is 24.9. The summed E-state index contributed by atoms with van der Waals surface area (Å²) in [5, 5.41) is 0. The Balaban J connectivity index is 2.31. The average Bonchev–Trinajstić information content (AvgIpc) is 2.72. The van der Waals surface area contributed by atoms with Crippen LogP contribution < -0.4 is 9.47 Å². The topological polar surface area (TPSA) is 61.8 Å². The molecular weight excluding hydrogens is 404 g/mol. The molecule has 0 fully saturated rings. The number of hydrogen-bond donors (Lipinski definition) is 0. The highest BCUT2D eigenvalue weighted by Gasteiger charge is 2.18. The van der Waals surface area contributed by atoms with Gasteiger partial charge >= 0.3 is 11.9 Å². The van der Waals surface area contributed by atoms with Gasteiger partial charge in [0, 0.05) is 16.7 Å². The highest BCUT2D eigenvalue weighted by Crippen LogP contribution is 2.30. The molecule has 0 aliphatic carbocycles. The molecule has 0 N–H and O–H groups in total. The van der Waals surface area contributed by atoms with E-state index >= 15 is 0 Å². The maximum atomic E-state index is 12.4. The van der Waals surface area contributed by atoms with Gasteiger partial charge in [0.05, 0.1) is 6.61 Å². The Labute approximate surface area is 190 Å². The van der Waals surface area contributed by atoms with Crippen molar-refractivity contribution < 1.29 is 23.8 Å². The van der Waals surface area contributed by atoms with Crippen LogP contribution in [0.3, 0.4) is 0 Å². The van der Waals surface area contributed by atoms with Crippen molar-refractivity contribution in [3.8, 4) is 22.6 Å². The standard InChI is InChI=1S/C27H32O5/c1-8-15-30-24-17-21(20-11-13-23(14-12-20)31-25(28)18(2)3)9-10-22(24)16-19(4)26(29)32-27(5,6)7/h9-14,16-17H,2,8,15H2,1,3-7H3/b19-16+. The molecule has 170 valence electrons.